The van der Waals surface area contributed by atoms with Gasteiger partial charge in [0.2, 0.25) is 11.8 Å². The largest absolute Gasteiger partial charge is 0.416 e. The van der Waals surface area contributed by atoms with Crippen molar-refractivity contribution in [2.24, 2.45) is 0 Å². The van der Waals surface area contributed by atoms with E-state index in [1.165, 1.54) is 12.1 Å². The van der Waals surface area contributed by atoms with Gasteiger partial charge in [0.1, 0.15) is 0 Å². The third kappa shape index (κ3) is 3.13. The Balaban J connectivity index is 1.36. The number of fused-ring (bicyclic) bond motifs is 4. The lowest BCUT2D eigenvalue weighted by atomic mass is 9.81. The van der Waals surface area contributed by atoms with E-state index in [4.69, 9.17) is 27.4 Å². The quantitative estimate of drug-likeness (QED) is 0.233. The summed E-state index contributed by atoms with van der Waals surface area (Å²) in [5.41, 5.74) is 26.2. The fraction of sp³-hybridized carbons (Fsp3) is 0. The minimum atomic E-state index is -0.462. The van der Waals surface area contributed by atoms with E-state index >= 15 is 0 Å². The number of anilines is 4. The number of carbonyl (C=O) groups excluding carboxylic acids is 4. The smallest absolute Gasteiger partial charge is 0.250 e. The van der Waals surface area contributed by atoms with Crippen molar-refractivity contribution in [2.45, 2.75) is 0 Å². The first-order chi connectivity index (χ1) is 19.7. The van der Waals surface area contributed by atoms with Gasteiger partial charge in [-0.2, -0.15) is 0 Å². The fourth-order valence-corrected chi connectivity index (χ4v) is 5.49. The summed E-state index contributed by atoms with van der Waals surface area (Å²) in [7, 11) is 0. The van der Waals surface area contributed by atoms with Crippen LogP contribution in [0.4, 0.5) is 22.7 Å². The first-order valence-electron chi connectivity index (χ1n) is 12.3. The van der Waals surface area contributed by atoms with Crippen molar-refractivity contribution in [1.82, 2.24) is 10.2 Å². The molecule has 0 saturated carbocycles. The second-order valence-electron chi connectivity index (χ2n) is 9.67. The molecule has 41 heavy (non-hydrogen) atoms. The summed E-state index contributed by atoms with van der Waals surface area (Å²) in [6.45, 7) is 0. The fourth-order valence-electron chi connectivity index (χ4n) is 5.49. The Kier molecular flexibility index (Phi) is 4.79. The lowest BCUT2D eigenvalue weighted by molar-refractivity contribution is 0.0980. The number of aromatic nitrogens is 2. The maximum atomic E-state index is 13.4. The summed E-state index contributed by atoms with van der Waals surface area (Å²) >= 11 is 0. The second kappa shape index (κ2) is 8.20. The van der Waals surface area contributed by atoms with E-state index in [0.29, 0.717) is 0 Å². The zero-order valence-electron chi connectivity index (χ0n) is 21.0. The first-order valence-corrected chi connectivity index (χ1v) is 12.3. The number of hydrogen-bond donors (Lipinski definition) is 4. The molecule has 8 N–H and O–H groups in total. The van der Waals surface area contributed by atoms with Crippen molar-refractivity contribution in [3.8, 4) is 22.9 Å². The van der Waals surface area contributed by atoms with Gasteiger partial charge < -0.3 is 27.4 Å². The molecular weight excluding hydrogens is 524 g/mol. The minimum absolute atomic E-state index is 0.00450. The average molecular weight is 543 g/mol. The normalized spacial score (nSPS) is 13.5. The van der Waals surface area contributed by atoms with Crippen molar-refractivity contribution in [1.29, 1.82) is 0 Å². The molecule has 198 valence electrons. The highest BCUT2D eigenvalue weighted by molar-refractivity contribution is 6.33. The predicted molar refractivity (Wildman–Crippen MR) is 149 cm³/mol. The number of nitrogen functional groups attached to an aromatic ring is 4. The van der Waals surface area contributed by atoms with Crippen LogP contribution in [0.3, 0.4) is 0 Å². The highest BCUT2D eigenvalue weighted by Crippen LogP contribution is 2.43. The molecule has 7 rings (SSSR count). The molecule has 4 aromatic carbocycles. The van der Waals surface area contributed by atoms with E-state index in [1.807, 2.05) is 0 Å². The highest BCUT2D eigenvalue weighted by atomic mass is 16.4. The van der Waals surface area contributed by atoms with Crippen LogP contribution in [0.2, 0.25) is 0 Å². The van der Waals surface area contributed by atoms with E-state index in [0.717, 1.165) is 0 Å². The summed E-state index contributed by atoms with van der Waals surface area (Å²) in [4.78, 5) is 53.0. The highest BCUT2D eigenvalue weighted by Gasteiger charge is 2.37. The lowest BCUT2D eigenvalue weighted by Gasteiger charge is -2.21. The molecule has 0 fully saturated rings. The van der Waals surface area contributed by atoms with Crippen LogP contribution in [0.1, 0.15) is 63.7 Å². The van der Waals surface area contributed by atoms with Crippen LogP contribution < -0.4 is 22.9 Å². The molecule has 0 amide bonds. The molecule has 0 atom stereocenters. The van der Waals surface area contributed by atoms with E-state index < -0.39 is 23.1 Å². The average Bonchev–Trinajstić information content (AvgIpc) is 3.46. The third-order valence-corrected chi connectivity index (χ3v) is 7.42. The Morgan fingerprint density at radius 3 is 1.12 bits per heavy atom. The number of ketones is 4. The van der Waals surface area contributed by atoms with Gasteiger partial charge in [-0.15, -0.1) is 10.2 Å². The van der Waals surface area contributed by atoms with Gasteiger partial charge in [-0.1, -0.05) is 48.5 Å². The Morgan fingerprint density at radius 2 is 0.780 bits per heavy atom. The number of nitrogens with two attached hydrogens (primary N) is 4. The zero-order chi connectivity index (χ0) is 28.7. The molecule has 5 aromatic rings. The molecule has 11 heteroatoms. The van der Waals surface area contributed by atoms with E-state index in [9.17, 15) is 19.2 Å². The maximum absolute atomic E-state index is 13.4. The molecular formula is C30H18N6O5. The molecule has 0 radical (unpaired) electrons. The summed E-state index contributed by atoms with van der Waals surface area (Å²) in [5.74, 6) is -2.00. The Morgan fingerprint density at radius 1 is 0.463 bits per heavy atom. The van der Waals surface area contributed by atoms with E-state index in [2.05, 4.69) is 10.2 Å². The van der Waals surface area contributed by atoms with Gasteiger partial charge in [0.05, 0.1) is 44.8 Å². The number of nitrogens with zero attached hydrogens (tertiary/aromatic N) is 2. The molecule has 2 aliphatic rings. The van der Waals surface area contributed by atoms with Crippen LogP contribution in [0.15, 0.2) is 65.1 Å². The summed E-state index contributed by atoms with van der Waals surface area (Å²) in [5, 5.41) is 8.12. The van der Waals surface area contributed by atoms with Crippen molar-refractivity contribution >= 4 is 45.9 Å². The van der Waals surface area contributed by atoms with Crippen LogP contribution in [-0.2, 0) is 0 Å². The molecule has 0 aliphatic heterocycles. The third-order valence-electron chi connectivity index (χ3n) is 7.42. The van der Waals surface area contributed by atoms with E-state index in [-0.39, 0.29) is 90.2 Å². The minimum Gasteiger partial charge on any atom is -0.416 e. The van der Waals surface area contributed by atoms with Crippen molar-refractivity contribution in [2.75, 3.05) is 22.9 Å². The number of carbonyl (C=O) groups is 4. The van der Waals surface area contributed by atoms with Crippen molar-refractivity contribution < 1.29 is 23.6 Å². The molecule has 1 heterocycles. The topological polar surface area (TPSA) is 211 Å². The van der Waals surface area contributed by atoms with Crippen LogP contribution in [0.5, 0.6) is 0 Å². The standard InChI is InChI=1S/C30H18N6O5/c31-17-9-15(23(33)21-19(17)25(37)11-5-1-3-7-13(11)27(21)39)29-35-36-30(41-29)16-10-18(32)20-22(24(16)34)28(40)14-8-4-2-6-12(14)26(20)38/h1-10H,31-34H2. The van der Waals surface area contributed by atoms with Gasteiger partial charge in [-0.25, -0.2) is 0 Å². The van der Waals surface area contributed by atoms with Crippen LogP contribution >= 0.6 is 0 Å². The molecule has 1 aromatic heterocycles. The number of hydrogen-bond acceptors (Lipinski definition) is 11. The maximum Gasteiger partial charge on any atom is 0.250 e. The summed E-state index contributed by atoms with van der Waals surface area (Å²) in [6, 6.07) is 15.6. The molecule has 0 saturated heterocycles. The molecule has 11 nitrogen and oxygen atoms in total. The summed E-state index contributed by atoms with van der Waals surface area (Å²) < 4.78 is 5.89. The van der Waals surface area contributed by atoms with Gasteiger partial charge >= 0.3 is 0 Å². The molecule has 2 aliphatic carbocycles. The van der Waals surface area contributed by atoms with Gasteiger partial charge in [-0.3, -0.25) is 19.2 Å². The van der Waals surface area contributed by atoms with Crippen molar-refractivity contribution in [3.05, 3.63) is 105 Å². The van der Waals surface area contributed by atoms with Gasteiger partial charge in [-0.05, 0) is 12.1 Å². The molecule has 0 spiro atoms. The van der Waals surface area contributed by atoms with Crippen LogP contribution in [0.25, 0.3) is 22.9 Å². The Hall–Kier alpha value is -6.10. The van der Waals surface area contributed by atoms with Gasteiger partial charge in [0, 0.05) is 33.6 Å². The molecule has 0 bridgehead atoms. The number of benzene rings is 4. The zero-order valence-corrected chi connectivity index (χ0v) is 21.0. The van der Waals surface area contributed by atoms with E-state index in [1.54, 1.807) is 48.5 Å². The molecule has 0 unspecified atom stereocenters. The van der Waals surface area contributed by atoms with Crippen molar-refractivity contribution in [3.63, 3.8) is 0 Å². The number of rotatable bonds is 2. The monoisotopic (exact) mass is 542 g/mol. The van der Waals surface area contributed by atoms with Gasteiger partial charge in [0.25, 0.3) is 0 Å². The van der Waals surface area contributed by atoms with Crippen LogP contribution in [-0.4, -0.2) is 33.3 Å². The van der Waals surface area contributed by atoms with Crippen LogP contribution in [0, 0.1) is 0 Å². The SMILES string of the molecule is Nc1cc(-c2nnc(-c3cc(N)c4c(c3N)C(=O)c3ccccc3C4=O)o2)c(N)c2c1C(=O)c1ccccc1C2=O. The summed E-state index contributed by atoms with van der Waals surface area (Å²) in [6.07, 6.45) is 0. The first kappa shape index (κ1) is 24.0. The predicted octanol–water partition coefficient (Wildman–Crippen LogP) is 3.28. The Labute approximate surface area is 230 Å². The second-order valence-corrected chi connectivity index (χ2v) is 9.67. The lowest BCUT2D eigenvalue weighted by Crippen LogP contribution is -2.24. The van der Waals surface area contributed by atoms with Gasteiger partial charge in [0.15, 0.2) is 23.1 Å². The Bertz CT molecular complexity index is 1930.